The van der Waals surface area contributed by atoms with Gasteiger partial charge in [-0.2, -0.15) is 0 Å². The van der Waals surface area contributed by atoms with E-state index < -0.39 is 21.9 Å². The first-order valence-electron chi connectivity index (χ1n) is 10.6. The number of hydrogen-bond donors (Lipinski definition) is 3. The summed E-state index contributed by atoms with van der Waals surface area (Å²) in [6.45, 7) is 2.05. The van der Waals surface area contributed by atoms with Gasteiger partial charge in [-0.05, 0) is 49.9 Å². The second-order valence-electron chi connectivity index (χ2n) is 7.84. The van der Waals surface area contributed by atoms with Gasteiger partial charge in [0.2, 0.25) is 5.91 Å². The first kappa shape index (κ1) is 23.6. The molecule has 3 amide bonds. The number of ether oxygens (including phenoxy) is 1. The maximum absolute atomic E-state index is 13.1. The van der Waals surface area contributed by atoms with Crippen LogP contribution in [0.3, 0.4) is 0 Å². The monoisotopic (exact) mass is 459 g/mol. The van der Waals surface area contributed by atoms with Gasteiger partial charge in [-0.25, -0.2) is 13.2 Å². The number of amides is 3. The highest BCUT2D eigenvalue weighted by Gasteiger charge is 2.24. The van der Waals surface area contributed by atoms with Gasteiger partial charge >= 0.3 is 6.03 Å². The standard InChI is InChI=1S/C23H29N3O5S/c1-16-15-31-18-9-7-8-17(14-18)19-10-3-4-12-21(19)32(29,30)13-6-5-11-20(22(27)25-16)26-23(28)24-2/h3-4,7-10,12,14,16,20H,5-6,11,13,15H2,1-2H3,(H,25,27)(H2,24,26,28)/t16-,20+/m1/s1. The highest BCUT2D eigenvalue weighted by molar-refractivity contribution is 7.91. The molecule has 1 aliphatic rings. The Balaban J connectivity index is 1.93. The zero-order chi connectivity index (χ0) is 23.1. The molecule has 1 aliphatic heterocycles. The van der Waals surface area contributed by atoms with Crippen molar-refractivity contribution in [2.24, 2.45) is 0 Å². The van der Waals surface area contributed by atoms with E-state index in [-0.39, 0.29) is 29.2 Å². The van der Waals surface area contributed by atoms with Crippen molar-refractivity contribution in [3.05, 3.63) is 48.5 Å². The normalized spacial score (nSPS) is 21.4. The maximum Gasteiger partial charge on any atom is 0.315 e. The van der Waals surface area contributed by atoms with Gasteiger partial charge in [0.1, 0.15) is 18.4 Å². The van der Waals surface area contributed by atoms with Gasteiger partial charge in [0.25, 0.3) is 0 Å². The average Bonchev–Trinajstić information content (AvgIpc) is 2.79. The SMILES string of the molecule is CNC(=O)N[C@H]1CCCCS(=O)(=O)c2ccccc2-c2cccc(c2)OC[C@@H](C)NC1=O. The van der Waals surface area contributed by atoms with Crippen LogP contribution in [0, 0.1) is 0 Å². The summed E-state index contributed by atoms with van der Waals surface area (Å²) in [6.07, 6.45) is 1.15. The van der Waals surface area contributed by atoms with Crippen LogP contribution in [-0.2, 0) is 14.6 Å². The van der Waals surface area contributed by atoms with Crippen molar-refractivity contribution < 1.29 is 22.7 Å². The average molecular weight is 460 g/mol. The Morgan fingerprint density at radius 1 is 1.12 bits per heavy atom. The first-order chi connectivity index (χ1) is 15.3. The Morgan fingerprint density at radius 3 is 2.69 bits per heavy atom. The number of urea groups is 1. The molecule has 2 bridgehead atoms. The number of fused-ring (bicyclic) bond motifs is 4. The van der Waals surface area contributed by atoms with E-state index in [1.807, 2.05) is 25.1 Å². The molecule has 2 aromatic rings. The number of hydrogen-bond acceptors (Lipinski definition) is 5. The number of rotatable bonds is 1. The molecular formula is C23H29N3O5S. The quantitative estimate of drug-likeness (QED) is 0.606. The molecule has 0 fully saturated rings. The fraction of sp³-hybridized carbons (Fsp3) is 0.391. The molecule has 0 aromatic heterocycles. The van der Waals surface area contributed by atoms with Gasteiger partial charge in [0.05, 0.1) is 16.7 Å². The summed E-state index contributed by atoms with van der Waals surface area (Å²) in [5.41, 5.74) is 1.38. The summed E-state index contributed by atoms with van der Waals surface area (Å²) in [5, 5.41) is 7.93. The van der Waals surface area contributed by atoms with Crippen LogP contribution < -0.4 is 20.7 Å². The summed E-state index contributed by atoms with van der Waals surface area (Å²) in [4.78, 5) is 24.8. The summed E-state index contributed by atoms with van der Waals surface area (Å²) >= 11 is 0. The third-order valence-corrected chi connectivity index (χ3v) is 7.11. The fourth-order valence-electron chi connectivity index (χ4n) is 3.59. The van der Waals surface area contributed by atoms with Crippen molar-refractivity contribution in [3.8, 4) is 16.9 Å². The molecule has 9 heteroatoms. The van der Waals surface area contributed by atoms with Crippen LogP contribution in [0.2, 0.25) is 0 Å². The summed E-state index contributed by atoms with van der Waals surface area (Å²) in [7, 11) is -2.08. The first-order valence-corrected chi connectivity index (χ1v) is 12.3. The van der Waals surface area contributed by atoms with Crippen LogP contribution >= 0.6 is 0 Å². The molecule has 2 aromatic carbocycles. The van der Waals surface area contributed by atoms with Crippen molar-refractivity contribution >= 4 is 21.8 Å². The lowest BCUT2D eigenvalue weighted by Crippen LogP contribution is -2.52. The van der Waals surface area contributed by atoms with Crippen LogP contribution in [0.1, 0.15) is 26.2 Å². The Labute approximate surface area is 188 Å². The third kappa shape index (κ3) is 6.00. The van der Waals surface area contributed by atoms with Crippen molar-refractivity contribution in [1.29, 1.82) is 0 Å². The number of benzene rings is 2. The van der Waals surface area contributed by atoms with E-state index >= 15 is 0 Å². The van der Waals surface area contributed by atoms with E-state index in [9.17, 15) is 18.0 Å². The molecule has 2 atom stereocenters. The van der Waals surface area contributed by atoms with Crippen LogP contribution in [0.4, 0.5) is 4.79 Å². The van der Waals surface area contributed by atoms with E-state index in [4.69, 9.17) is 4.74 Å². The molecule has 3 rings (SSSR count). The second kappa shape index (κ2) is 10.5. The smallest absolute Gasteiger partial charge is 0.315 e. The summed E-state index contributed by atoms with van der Waals surface area (Å²) in [6, 6.07) is 12.6. The number of nitrogens with one attached hydrogen (secondary N) is 3. The molecule has 0 spiro atoms. The molecule has 0 unspecified atom stereocenters. The molecule has 8 nitrogen and oxygen atoms in total. The van der Waals surface area contributed by atoms with E-state index in [0.29, 0.717) is 30.6 Å². The number of carbonyl (C=O) groups excluding carboxylic acids is 2. The summed E-state index contributed by atoms with van der Waals surface area (Å²) in [5.74, 6) is 0.187. The highest BCUT2D eigenvalue weighted by Crippen LogP contribution is 2.31. The van der Waals surface area contributed by atoms with Gasteiger partial charge in [0, 0.05) is 12.6 Å². The highest BCUT2D eigenvalue weighted by atomic mass is 32.2. The largest absolute Gasteiger partial charge is 0.491 e. The molecule has 32 heavy (non-hydrogen) atoms. The minimum atomic E-state index is -3.55. The number of sulfone groups is 1. The lowest BCUT2D eigenvalue weighted by molar-refractivity contribution is -0.123. The predicted molar refractivity (Wildman–Crippen MR) is 122 cm³/mol. The third-order valence-electron chi connectivity index (χ3n) is 5.26. The maximum atomic E-state index is 13.1. The van der Waals surface area contributed by atoms with Crippen LogP contribution in [0.15, 0.2) is 53.4 Å². The Bertz CT molecular complexity index is 1070. The van der Waals surface area contributed by atoms with E-state index in [2.05, 4.69) is 16.0 Å². The lowest BCUT2D eigenvalue weighted by Gasteiger charge is -2.22. The molecule has 0 aliphatic carbocycles. The van der Waals surface area contributed by atoms with Crippen LogP contribution in [0.5, 0.6) is 5.75 Å². The molecule has 3 N–H and O–H groups in total. The second-order valence-corrected chi connectivity index (χ2v) is 9.91. The van der Waals surface area contributed by atoms with E-state index in [1.54, 1.807) is 30.3 Å². The fourth-order valence-corrected chi connectivity index (χ4v) is 5.20. The van der Waals surface area contributed by atoms with Crippen molar-refractivity contribution in [3.63, 3.8) is 0 Å². The minimum Gasteiger partial charge on any atom is -0.491 e. The molecule has 0 radical (unpaired) electrons. The molecule has 1 heterocycles. The number of carbonyl (C=O) groups is 2. The Morgan fingerprint density at radius 2 is 1.91 bits per heavy atom. The molecule has 172 valence electrons. The van der Waals surface area contributed by atoms with Crippen molar-refractivity contribution in [2.45, 2.75) is 43.2 Å². The topological polar surface area (TPSA) is 114 Å². The molecule has 0 saturated heterocycles. The Hall–Kier alpha value is -3.07. The lowest BCUT2D eigenvalue weighted by atomic mass is 10.1. The zero-order valence-electron chi connectivity index (χ0n) is 18.3. The van der Waals surface area contributed by atoms with Gasteiger partial charge in [-0.15, -0.1) is 0 Å². The van der Waals surface area contributed by atoms with Crippen molar-refractivity contribution in [2.75, 3.05) is 19.4 Å². The van der Waals surface area contributed by atoms with Crippen LogP contribution in [-0.4, -0.2) is 51.8 Å². The molecule has 0 saturated carbocycles. The van der Waals surface area contributed by atoms with Gasteiger partial charge in [0.15, 0.2) is 9.84 Å². The Kier molecular flexibility index (Phi) is 7.74. The van der Waals surface area contributed by atoms with Gasteiger partial charge in [-0.3, -0.25) is 4.79 Å². The molecular weight excluding hydrogens is 430 g/mol. The predicted octanol–water partition coefficient (Wildman–Crippen LogP) is 2.49. The van der Waals surface area contributed by atoms with Gasteiger partial charge in [-0.1, -0.05) is 30.3 Å². The van der Waals surface area contributed by atoms with Gasteiger partial charge < -0.3 is 20.7 Å². The zero-order valence-corrected chi connectivity index (χ0v) is 19.1. The van der Waals surface area contributed by atoms with E-state index in [1.165, 1.54) is 7.05 Å². The van der Waals surface area contributed by atoms with E-state index in [0.717, 1.165) is 5.56 Å². The van der Waals surface area contributed by atoms with Crippen LogP contribution in [0.25, 0.3) is 11.1 Å². The summed E-state index contributed by atoms with van der Waals surface area (Å²) < 4.78 is 32.1. The minimum absolute atomic E-state index is 0.0507. The van der Waals surface area contributed by atoms with Crippen molar-refractivity contribution in [1.82, 2.24) is 16.0 Å².